The Morgan fingerprint density at radius 1 is 1.21 bits per heavy atom. The standard InChI is InChI=1S/C13H11NO5/c15-12(16)10-7-18-8-11(10)14-13(17)19-6-9-4-2-1-3-5-9/h1-5,7-8H,6H2,(H,14,17)(H,15,16). The van der Waals surface area contributed by atoms with Crippen molar-refractivity contribution in [3.05, 3.63) is 54.0 Å². The number of carbonyl (C=O) groups excluding carboxylic acids is 1. The van der Waals surface area contributed by atoms with E-state index in [4.69, 9.17) is 14.3 Å². The number of hydrogen-bond donors (Lipinski definition) is 2. The number of rotatable bonds is 4. The normalized spacial score (nSPS) is 9.89. The predicted molar refractivity (Wildman–Crippen MR) is 65.9 cm³/mol. The molecule has 2 rings (SSSR count). The van der Waals surface area contributed by atoms with Gasteiger partial charge in [0.2, 0.25) is 0 Å². The molecule has 0 saturated heterocycles. The lowest BCUT2D eigenvalue weighted by molar-refractivity contribution is 0.0697. The first-order valence-electron chi connectivity index (χ1n) is 5.44. The van der Waals surface area contributed by atoms with E-state index >= 15 is 0 Å². The van der Waals surface area contributed by atoms with Crippen LogP contribution in [0.5, 0.6) is 0 Å². The van der Waals surface area contributed by atoms with E-state index in [0.29, 0.717) is 0 Å². The van der Waals surface area contributed by atoms with Crippen LogP contribution in [-0.4, -0.2) is 17.2 Å². The number of furan rings is 1. The molecule has 0 aliphatic carbocycles. The number of carboxylic acids is 1. The Kier molecular flexibility index (Phi) is 3.82. The number of anilines is 1. The van der Waals surface area contributed by atoms with Crippen molar-refractivity contribution in [2.24, 2.45) is 0 Å². The molecule has 0 fully saturated rings. The fraction of sp³-hybridized carbons (Fsp3) is 0.0769. The Bertz CT molecular complexity index is 576. The number of carboxylic acid groups (broad SMARTS) is 1. The smallest absolute Gasteiger partial charge is 0.412 e. The van der Waals surface area contributed by atoms with Crippen molar-refractivity contribution in [1.29, 1.82) is 0 Å². The Balaban J connectivity index is 1.91. The Hall–Kier alpha value is -2.76. The number of carbonyl (C=O) groups is 2. The third kappa shape index (κ3) is 3.35. The van der Waals surface area contributed by atoms with Gasteiger partial charge in [-0.15, -0.1) is 0 Å². The van der Waals surface area contributed by atoms with Gasteiger partial charge in [-0.05, 0) is 5.56 Å². The summed E-state index contributed by atoms with van der Waals surface area (Å²) in [5.74, 6) is -1.19. The Labute approximate surface area is 108 Å². The van der Waals surface area contributed by atoms with E-state index in [9.17, 15) is 9.59 Å². The van der Waals surface area contributed by atoms with Gasteiger partial charge in [-0.1, -0.05) is 30.3 Å². The van der Waals surface area contributed by atoms with E-state index in [1.165, 1.54) is 0 Å². The van der Waals surface area contributed by atoms with E-state index in [1.54, 1.807) is 0 Å². The zero-order chi connectivity index (χ0) is 13.7. The SMILES string of the molecule is O=C(Nc1cocc1C(=O)O)OCc1ccccc1. The molecule has 0 aliphatic rings. The Morgan fingerprint density at radius 3 is 2.63 bits per heavy atom. The van der Waals surface area contributed by atoms with Crippen LogP contribution in [0.1, 0.15) is 15.9 Å². The van der Waals surface area contributed by atoms with Crippen molar-refractivity contribution in [3.8, 4) is 0 Å². The fourth-order valence-electron chi connectivity index (χ4n) is 1.43. The summed E-state index contributed by atoms with van der Waals surface area (Å²) in [6.07, 6.45) is 1.43. The summed E-state index contributed by atoms with van der Waals surface area (Å²) in [7, 11) is 0. The van der Waals surface area contributed by atoms with E-state index < -0.39 is 12.1 Å². The van der Waals surface area contributed by atoms with Crippen molar-refractivity contribution in [2.75, 3.05) is 5.32 Å². The number of nitrogens with one attached hydrogen (secondary N) is 1. The van der Waals surface area contributed by atoms with Gasteiger partial charge in [0.1, 0.15) is 24.7 Å². The van der Waals surface area contributed by atoms with Crippen LogP contribution in [0.2, 0.25) is 0 Å². The van der Waals surface area contributed by atoms with Crippen LogP contribution in [0.3, 0.4) is 0 Å². The second-order valence-electron chi connectivity index (χ2n) is 3.69. The quantitative estimate of drug-likeness (QED) is 0.883. The summed E-state index contributed by atoms with van der Waals surface area (Å²) in [5, 5.41) is 11.1. The molecule has 19 heavy (non-hydrogen) atoms. The zero-order valence-electron chi connectivity index (χ0n) is 9.83. The minimum atomic E-state index is -1.19. The lowest BCUT2D eigenvalue weighted by atomic mass is 10.2. The molecular weight excluding hydrogens is 250 g/mol. The van der Waals surface area contributed by atoms with Crippen molar-refractivity contribution in [1.82, 2.24) is 0 Å². The first kappa shape index (κ1) is 12.7. The monoisotopic (exact) mass is 261 g/mol. The number of amides is 1. The first-order chi connectivity index (χ1) is 9.16. The molecule has 1 aromatic carbocycles. The van der Waals surface area contributed by atoms with Gasteiger partial charge in [0.05, 0.1) is 5.69 Å². The summed E-state index contributed by atoms with van der Waals surface area (Å²) < 4.78 is 9.67. The molecule has 1 heterocycles. The lowest BCUT2D eigenvalue weighted by Gasteiger charge is -2.05. The highest BCUT2D eigenvalue weighted by atomic mass is 16.5. The fourth-order valence-corrected chi connectivity index (χ4v) is 1.43. The topological polar surface area (TPSA) is 88.8 Å². The maximum Gasteiger partial charge on any atom is 0.412 e. The molecule has 1 aromatic heterocycles. The van der Waals surface area contributed by atoms with Crippen molar-refractivity contribution < 1.29 is 23.8 Å². The molecule has 0 radical (unpaired) electrons. The molecule has 0 saturated carbocycles. The lowest BCUT2D eigenvalue weighted by Crippen LogP contribution is -2.15. The predicted octanol–water partition coefficient (Wildman–Crippen LogP) is 2.73. The number of aromatic carboxylic acids is 1. The molecule has 2 aromatic rings. The molecular formula is C13H11NO5. The summed E-state index contributed by atoms with van der Waals surface area (Å²) in [6, 6.07) is 9.14. The molecule has 6 heteroatoms. The van der Waals surface area contributed by atoms with Gasteiger partial charge in [-0.25, -0.2) is 9.59 Å². The van der Waals surface area contributed by atoms with Crippen LogP contribution >= 0.6 is 0 Å². The molecule has 0 unspecified atom stereocenters. The van der Waals surface area contributed by atoms with Crippen LogP contribution in [-0.2, 0) is 11.3 Å². The van der Waals surface area contributed by atoms with Gasteiger partial charge in [0, 0.05) is 0 Å². The third-order valence-electron chi connectivity index (χ3n) is 2.34. The minimum Gasteiger partial charge on any atom is -0.477 e. The van der Waals surface area contributed by atoms with Crippen LogP contribution in [0.25, 0.3) is 0 Å². The largest absolute Gasteiger partial charge is 0.477 e. The van der Waals surface area contributed by atoms with Gasteiger partial charge >= 0.3 is 12.1 Å². The molecule has 2 N–H and O–H groups in total. The Morgan fingerprint density at radius 2 is 1.95 bits per heavy atom. The number of ether oxygens (including phenoxy) is 1. The van der Waals surface area contributed by atoms with Gasteiger partial charge in [-0.3, -0.25) is 5.32 Å². The van der Waals surface area contributed by atoms with Gasteiger partial charge < -0.3 is 14.3 Å². The molecule has 0 bridgehead atoms. The van der Waals surface area contributed by atoms with Crippen LogP contribution in [0, 0.1) is 0 Å². The second kappa shape index (κ2) is 5.72. The maximum atomic E-state index is 11.5. The number of hydrogen-bond acceptors (Lipinski definition) is 4. The summed E-state index contributed by atoms with van der Waals surface area (Å²) in [5.41, 5.74) is 0.769. The van der Waals surface area contributed by atoms with E-state index in [1.807, 2.05) is 30.3 Å². The highest BCUT2D eigenvalue weighted by molar-refractivity contribution is 5.98. The molecule has 1 amide bonds. The highest BCUT2D eigenvalue weighted by Gasteiger charge is 2.15. The highest BCUT2D eigenvalue weighted by Crippen LogP contribution is 2.17. The van der Waals surface area contributed by atoms with Crippen LogP contribution < -0.4 is 5.32 Å². The summed E-state index contributed by atoms with van der Waals surface area (Å²) in [6.45, 7) is 0.104. The molecule has 0 aliphatic heterocycles. The van der Waals surface area contributed by atoms with Gasteiger partial charge in [-0.2, -0.15) is 0 Å². The van der Waals surface area contributed by atoms with Crippen LogP contribution in [0.4, 0.5) is 10.5 Å². The average Bonchev–Trinajstić information content (AvgIpc) is 2.86. The summed E-state index contributed by atoms with van der Waals surface area (Å²) >= 11 is 0. The maximum absolute atomic E-state index is 11.5. The third-order valence-corrected chi connectivity index (χ3v) is 2.34. The van der Waals surface area contributed by atoms with Crippen molar-refractivity contribution >= 4 is 17.7 Å². The molecule has 98 valence electrons. The number of benzene rings is 1. The average molecular weight is 261 g/mol. The first-order valence-corrected chi connectivity index (χ1v) is 5.44. The van der Waals surface area contributed by atoms with Crippen LogP contribution in [0.15, 0.2) is 47.3 Å². The molecule has 0 atom stereocenters. The van der Waals surface area contributed by atoms with Gasteiger partial charge in [0.25, 0.3) is 0 Å². The molecule has 6 nitrogen and oxygen atoms in total. The zero-order valence-corrected chi connectivity index (χ0v) is 9.83. The second-order valence-corrected chi connectivity index (χ2v) is 3.69. The van der Waals surface area contributed by atoms with E-state index in [0.717, 1.165) is 18.1 Å². The van der Waals surface area contributed by atoms with Crippen molar-refractivity contribution in [2.45, 2.75) is 6.61 Å². The van der Waals surface area contributed by atoms with E-state index in [2.05, 4.69) is 5.32 Å². The van der Waals surface area contributed by atoms with Gasteiger partial charge in [0.15, 0.2) is 0 Å². The summed E-state index contributed by atoms with van der Waals surface area (Å²) in [4.78, 5) is 22.3. The van der Waals surface area contributed by atoms with Crippen molar-refractivity contribution in [3.63, 3.8) is 0 Å². The minimum absolute atomic E-state index is 0.0607. The molecule has 0 spiro atoms. The van der Waals surface area contributed by atoms with E-state index in [-0.39, 0.29) is 17.9 Å².